The van der Waals surface area contributed by atoms with E-state index in [-0.39, 0.29) is 5.91 Å². The van der Waals surface area contributed by atoms with E-state index in [0.717, 1.165) is 10.5 Å². The van der Waals surface area contributed by atoms with Gasteiger partial charge in [-0.15, -0.1) is 11.8 Å². The number of para-hydroxylation sites is 1. The number of thioether (sulfide) groups is 1. The third-order valence-electron chi connectivity index (χ3n) is 5.09. The first-order valence-electron chi connectivity index (χ1n) is 10.3. The van der Waals surface area contributed by atoms with E-state index in [1.54, 1.807) is 55.8 Å². The van der Waals surface area contributed by atoms with Crippen LogP contribution in [0.4, 0.5) is 21.7 Å². The number of pyridine rings is 1. The second-order valence-corrected chi connectivity index (χ2v) is 8.11. The summed E-state index contributed by atoms with van der Waals surface area (Å²) >= 11 is 1.42. The number of amides is 1. The molecular weight excluding hydrogens is 453 g/mol. The summed E-state index contributed by atoms with van der Waals surface area (Å²) in [5.74, 6) is 0.0494. The van der Waals surface area contributed by atoms with Crippen molar-refractivity contribution in [3.05, 3.63) is 84.1 Å². The van der Waals surface area contributed by atoms with Gasteiger partial charge in [0.1, 0.15) is 5.75 Å². The number of hydrogen-bond donors (Lipinski definition) is 2. The predicted molar refractivity (Wildman–Crippen MR) is 132 cm³/mol. The first-order valence-corrected chi connectivity index (χ1v) is 11.6. The highest BCUT2D eigenvalue weighted by molar-refractivity contribution is 7.98. The van der Waals surface area contributed by atoms with Crippen molar-refractivity contribution in [1.29, 1.82) is 0 Å². The molecule has 0 radical (unpaired) electrons. The number of hydrogen-bond acceptors (Lipinski definition) is 7. The van der Waals surface area contributed by atoms with E-state index in [0.29, 0.717) is 39.9 Å². The van der Waals surface area contributed by atoms with Gasteiger partial charge in [0, 0.05) is 23.6 Å². The molecule has 0 spiro atoms. The summed E-state index contributed by atoms with van der Waals surface area (Å²) in [6.07, 6.45) is 4.91. The Labute approximate surface area is 200 Å². The zero-order valence-corrected chi connectivity index (χ0v) is 19.6. The molecule has 4 rings (SSSR count). The van der Waals surface area contributed by atoms with E-state index in [1.165, 1.54) is 18.0 Å². The van der Waals surface area contributed by atoms with Crippen LogP contribution in [0.5, 0.6) is 5.75 Å². The fourth-order valence-corrected chi connectivity index (χ4v) is 3.83. The van der Waals surface area contributed by atoms with Crippen molar-refractivity contribution in [1.82, 2.24) is 15.0 Å². The maximum atomic E-state index is 14.3. The Balaban J connectivity index is 1.53. The van der Waals surface area contributed by atoms with Gasteiger partial charge in [0.15, 0.2) is 0 Å². The molecule has 0 atom stereocenters. The normalized spacial score (nSPS) is 10.6. The van der Waals surface area contributed by atoms with Gasteiger partial charge in [0.2, 0.25) is 11.9 Å². The molecule has 2 aromatic carbocycles. The molecule has 0 saturated carbocycles. The molecule has 0 aliphatic rings. The SMILES string of the molecule is COc1cccc(C)c1NC(=O)c1ccc(Nc2ncc(SC)c(-c3cccnc3F)n2)cc1. The van der Waals surface area contributed by atoms with E-state index < -0.39 is 5.95 Å². The summed E-state index contributed by atoms with van der Waals surface area (Å²) in [6, 6.07) is 15.7. The van der Waals surface area contributed by atoms with Crippen molar-refractivity contribution in [2.45, 2.75) is 11.8 Å². The van der Waals surface area contributed by atoms with E-state index in [9.17, 15) is 9.18 Å². The monoisotopic (exact) mass is 475 g/mol. The highest BCUT2D eigenvalue weighted by atomic mass is 32.2. The van der Waals surface area contributed by atoms with Crippen LogP contribution in [0.1, 0.15) is 15.9 Å². The Hall–Kier alpha value is -3.98. The van der Waals surface area contributed by atoms with Crippen LogP contribution in [0.25, 0.3) is 11.3 Å². The number of nitrogens with zero attached hydrogens (tertiary/aromatic N) is 3. The molecule has 34 heavy (non-hydrogen) atoms. The summed E-state index contributed by atoms with van der Waals surface area (Å²) in [4.78, 5) is 26.0. The number of aromatic nitrogens is 3. The van der Waals surface area contributed by atoms with E-state index in [2.05, 4.69) is 25.6 Å². The molecule has 0 aliphatic heterocycles. The summed E-state index contributed by atoms with van der Waals surface area (Å²) in [6.45, 7) is 1.90. The van der Waals surface area contributed by atoms with Gasteiger partial charge in [-0.1, -0.05) is 12.1 Å². The Bertz CT molecular complexity index is 1330. The molecule has 9 heteroatoms. The minimum Gasteiger partial charge on any atom is -0.495 e. The van der Waals surface area contributed by atoms with Crippen LogP contribution in [-0.4, -0.2) is 34.2 Å². The summed E-state index contributed by atoms with van der Waals surface area (Å²) in [5, 5.41) is 6.01. The number of halogens is 1. The van der Waals surface area contributed by atoms with Crippen LogP contribution in [0.2, 0.25) is 0 Å². The van der Waals surface area contributed by atoms with Crippen molar-refractivity contribution in [2.75, 3.05) is 24.0 Å². The van der Waals surface area contributed by atoms with Crippen molar-refractivity contribution >= 4 is 35.0 Å². The molecule has 2 aromatic heterocycles. The van der Waals surface area contributed by atoms with Crippen molar-refractivity contribution in [3.8, 4) is 17.0 Å². The van der Waals surface area contributed by atoms with Crippen LogP contribution < -0.4 is 15.4 Å². The second kappa shape index (κ2) is 10.3. The maximum Gasteiger partial charge on any atom is 0.255 e. The molecule has 1 amide bonds. The predicted octanol–water partition coefficient (Wildman–Crippen LogP) is 5.71. The van der Waals surface area contributed by atoms with Gasteiger partial charge in [-0.2, -0.15) is 4.39 Å². The number of nitrogens with one attached hydrogen (secondary N) is 2. The quantitative estimate of drug-likeness (QED) is 0.261. The number of anilines is 3. The van der Waals surface area contributed by atoms with Gasteiger partial charge in [0.05, 0.1) is 29.0 Å². The zero-order chi connectivity index (χ0) is 24.1. The van der Waals surface area contributed by atoms with Gasteiger partial charge < -0.3 is 15.4 Å². The van der Waals surface area contributed by atoms with Gasteiger partial charge in [-0.3, -0.25) is 4.79 Å². The number of ether oxygens (including phenoxy) is 1. The standard InChI is InChI=1S/C25H22FN5O2S/c1-15-6-4-8-19(33-2)21(15)30-24(32)16-9-11-17(12-10-16)29-25-28-14-20(34-3)22(31-25)18-7-5-13-27-23(18)26/h4-14H,1-3H3,(H,30,32)(H,28,29,31). The zero-order valence-electron chi connectivity index (χ0n) is 18.8. The number of benzene rings is 2. The lowest BCUT2D eigenvalue weighted by atomic mass is 10.1. The Kier molecular flexibility index (Phi) is 7.03. The number of carbonyl (C=O) groups is 1. The van der Waals surface area contributed by atoms with Crippen LogP contribution in [0.15, 0.2) is 71.9 Å². The molecule has 7 nitrogen and oxygen atoms in total. The van der Waals surface area contributed by atoms with Gasteiger partial charge in [-0.05, 0) is 61.2 Å². The van der Waals surface area contributed by atoms with Crippen molar-refractivity contribution in [2.24, 2.45) is 0 Å². The number of aryl methyl sites for hydroxylation is 1. The molecule has 0 fully saturated rings. The lowest BCUT2D eigenvalue weighted by molar-refractivity contribution is 0.102. The third-order valence-corrected chi connectivity index (χ3v) is 5.82. The maximum absolute atomic E-state index is 14.3. The largest absolute Gasteiger partial charge is 0.495 e. The van der Waals surface area contributed by atoms with E-state index in [1.807, 2.05) is 25.3 Å². The minimum atomic E-state index is -0.594. The van der Waals surface area contributed by atoms with E-state index >= 15 is 0 Å². The van der Waals surface area contributed by atoms with Crippen LogP contribution >= 0.6 is 11.8 Å². The van der Waals surface area contributed by atoms with Crippen molar-refractivity contribution < 1.29 is 13.9 Å². The van der Waals surface area contributed by atoms with Gasteiger partial charge in [-0.25, -0.2) is 15.0 Å². The Morgan fingerprint density at radius 1 is 1.06 bits per heavy atom. The first kappa shape index (κ1) is 23.2. The lowest BCUT2D eigenvalue weighted by Crippen LogP contribution is -2.13. The molecule has 0 saturated heterocycles. The molecule has 0 bridgehead atoms. The average Bonchev–Trinajstić information content (AvgIpc) is 2.86. The molecule has 2 N–H and O–H groups in total. The van der Waals surface area contributed by atoms with Crippen LogP contribution in [-0.2, 0) is 0 Å². The fourth-order valence-electron chi connectivity index (χ4n) is 3.33. The summed E-state index contributed by atoms with van der Waals surface area (Å²) in [7, 11) is 1.56. The fraction of sp³-hybridized carbons (Fsp3) is 0.120. The second-order valence-electron chi connectivity index (χ2n) is 7.26. The molecule has 4 aromatic rings. The van der Waals surface area contributed by atoms with Crippen LogP contribution in [0, 0.1) is 12.9 Å². The summed E-state index contributed by atoms with van der Waals surface area (Å²) in [5.41, 5.74) is 3.45. The molecule has 2 heterocycles. The topological polar surface area (TPSA) is 89.0 Å². The average molecular weight is 476 g/mol. The van der Waals surface area contributed by atoms with Crippen molar-refractivity contribution in [3.63, 3.8) is 0 Å². The molecule has 0 unspecified atom stereocenters. The minimum absolute atomic E-state index is 0.255. The summed E-state index contributed by atoms with van der Waals surface area (Å²) < 4.78 is 19.6. The van der Waals surface area contributed by atoms with Gasteiger partial charge in [0.25, 0.3) is 5.91 Å². The third kappa shape index (κ3) is 4.99. The van der Waals surface area contributed by atoms with Crippen LogP contribution in [0.3, 0.4) is 0 Å². The van der Waals surface area contributed by atoms with Gasteiger partial charge >= 0.3 is 0 Å². The molecule has 172 valence electrons. The smallest absolute Gasteiger partial charge is 0.255 e. The van der Waals surface area contributed by atoms with E-state index in [4.69, 9.17) is 4.74 Å². The first-order chi connectivity index (χ1) is 16.5. The Morgan fingerprint density at radius 2 is 1.85 bits per heavy atom. The number of rotatable bonds is 7. The molecule has 0 aliphatic carbocycles. The number of carbonyl (C=O) groups excluding carboxylic acids is 1. The lowest BCUT2D eigenvalue weighted by Gasteiger charge is -2.13. The highest BCUT2D eigenvalue weighted by Crippen LogP contribution is 2.31. The molecular formula is C25H22FN5O2S. The highest BCUT2D eigenvalue weighted by Gasteiger charge is 2.15. The number of methoxy groups -OCH3 is 1. The Morgan fingerprint density at radius 3 is 2.56 bits per heavy atom.